The number of amides is 1. The molecule has 1 aromatic carbocycles. The van der Waals surface area contributed by atoms with E-state index in [-0.39, 0.29) is 17.7 Å². The average Bonchev–Trinajstić information content (AvgIpc) is 2.39. The summed E-state index contributed by atoms with van der Waals surface area (Å²) in [5.74, 6) is 0.281. The van der Waals surface area contributed by atoms with Crippen LogP contribution in [0.4, 0.5) is 0 Å². The van der Waals surface area contributed by atoms with Crippen molar-refractivity contribution < 1.29 is 9.90 Å². The molecule has 0 radical (unpaired) electrons. The van der Waals surface area contributed by atoms with Crippen LogP contribution in [0.5, 0.6) is 5.75 Å². The van der Waals surface area contributed by atoms with Crippen molar-refractivity contribution in [1.29, 1.82) is 0 Å². The van der Waals surface area contributed by atoms with Crippen LogP contribution in [0.15, 0.2) is 18.2 Å². The zero-order valence-electron chi connectivity index (χ0n) is 11.4. The van der Waals surface area contributed by atoms with Gasteiger partial charge in [-0.15, -0.1) is 0 Å². The molecular formula is C15H22N2O2. The number of phenols is 1. The minimum atomic E-state index is -0.208. The van der Waals surface area contributed by atoms with Crippen LogP contribution in [0.3, 0.4) is 0 Å². The first-order valence-electron chi connectivity index (χ1n) is 6.89. The second-order valence-corrected chi connectivity index (χ2v) is 5.52. The van der Waals surface area contributed by atoms with E-state index in [0.29, 0.717) is 18.0 Å². The van der Waals surface area contributed by atoms with Crippen molar-refractivity contribution in [3.63, 3.8) is 0 Å². The van der Waals surface area contributed by atoms with Crippen LogP contribution in [0.2, 0.25) is 0 Å². The summed E-state index contributed by atoms with van der Waals surface area (Å²) in [6.45, 7) is 2.54. The van der Waals surface area contributed by atoms with Gasteiger partial charge in [0.25, 0.3) is 5.91 Å². The Balaban J connectivity index is 1.92. The van der Waals surface area contributed by atoms with Crippen molar-refractivity contribution in [3.8, 4) is 5.75 Å². The van der Waals surface area contributed by atoms with Crippen LogP contribution in [0.25, 0.3) is 0 Å². The van der Waals surface area contributed by atoms with Crippen LogP contribution >= 0.6 is 0 Å². The van der Waals surface area contributed by atoms with Crippen molar-refractivity contribution in [3.05, 3.63) is 29.3 Å². The van der Waals surface area contributed by atoms with Crippen LogP contribution < -0.4 is 11.1 Å². The molecule has 1 aromatic rings. The van der Waals surface area contributed by atoms with Gasteiger partial charge in [-0.2, -0.15) is 0 Å². The highest BCUT2D eigenvalue weighted by molar-refractivity contribution is 5.96. The minimum absolute atomic E-state index is 0.0310. The van der Waals surface area contributed by atoms with Gasteiger partial charge in [0.05, 0.1) is 5.56 Å². The predicted octanol–water partition coefficient (Wildman–Crippen LogP) is 1.95. The topological polar surface area (TPSA) is 75.3 Å². The quantitative estimate of drug-likeness (QED) is 0.779. The SMILES string of the molecule is Cc1ccc(O)c(C(=O)NCC2CCCC(N)C2)c1. The molecule has 0 bridgehead atoms. The molecule has 19 heavy (non-hydrogen) atoms. The van der Waals surface area contributed by atoms with Crippen LogP contribution in [-0.4, -0.2) is 23.6 Å². The third-order valence-electron chi connectivity index (χ3n) is 3.77. The second kappa shape index (κ2) is 6.06. The lowest BCUT2D eigenvalue weighted by atomic mass is 9.86. The molecule has 1 aliphatic rings. The molecule has 1 amide bonds. The third kappa shape index (κ3) is 3.70. The molecule has 4 heteroatoms. The highest BCUT2D eigenvalue weighted by Gasteiger charge is 2.20. The highest BCUT2D eigenvalue weighted by atomic mass is 16.3. The molecule has 1 saturated carbocycles. The van der Waals surface area contributed by atoms with Gasteiger partial charge in [-0.3, -0.25) is 4.79 Å². The number of benzene rings is 1. The van der Waals surface area contributed by atoms with Gasteiger partial charge < -0.3 is 16.2 Å². The Morgan fingerprint density at radius 3 is 3.00 bits per heavy atom. The summed E-state index contributed by atoms with van der Waals surface area (Å²) in [7, 11) is 0. The zero-order valence-corrected chi connectivity index (χ0v) is 11.4. The lowest BCUT2D eigenvalue weighted by Crippen LogP contribution is -2.35. The van der Waals surface area contributed by atoms with Gasteiger partial charge in [0.15, 0.2) is 0 Å². The maximum atomic E-state index is 12.0. The zero-order chi connectivity index (χ0) is 13.8. The Morgan fingerprint density at radius 2 is 2.26 bits per heavy atom. The van der Waals surface area contributed by atoms with E-state index >= 15 is 0 Å². The molecule has 0 saturated heterocycles. The number of carbonyl (C=O) groups is 1. The summed E-state index contributed by atoms with van der Waals surface area (Å²) in [6.07, 6.45) is 4.31. The molecule has 2 rings (SSSR count). The Bertz CT molecular complexity index is 459. The monoisotopic (exact) mass is 262 g/mol. The van der Waals surface area contributed by atoms with Gasteiger partial charge in [0, 0.05) is 12.6 Å². The molecule has 0 aliphatic heterocycles. The molecule has 104 valence electrons. The second-order valence-electron chi connectivity index (χ2n) is 5.52. The number of nitrogens with one attached hydrogen (secondary N) is 1. The van der Waals surface area contributed by atoms with E-state index in [9.17, 15) is 9.90 Å². The Hall–Kier alpha value is -1.55. The number of carbonyl (C=O) groups excluding carboxylic acids is 1. The number of hydrogen-bond donors (Lipinski definition) is 3. The number of hydrogen-bond acceptors (Lipinski definition) is 3. The highest BCUT2D eigenvalue weighted by Crippen LogP contribution is 2.23. The van der Waals surface area contributed by atoms with Crippen LogP contribution in [-0.2, 0) is 0 Å². The fourth-order valence-electron chi connectivity index (χ4n) is 2.68. The Kier molecular flexibility index (Phi) is 4.43. The van der Waals surface area contributed by atoms with E-state index in [4.69, 9.17) is 5.73 Å². The average molecular weight is 262 g/mol. The lowest BCUT2D eigenvalue weighted by Gasteiger charge is -2.26. The molecule has 4 N–H and O–H groups in total. The standard InChI is InChI=1S/C15H22N2O2/c1-10-5-6-14(18)13(7-10)15(19)17-9-11-3-2-4-12(16)8-11/h5-7,11-12,18H,2-4,8-9,16H2,1H3,(H,17,19). The summed E-state index contributed by atoms with van der Waals surface area (Å²) in [4.78, 5) is 12.0. The normalized spacial score (nSPS) is 23.1. The number of nitrogens with two attached hydrogens (primary N) is 1. The maximum absolute atomic E-state index is 12.0. The van der Waals surface area contributed by atoms with E-state index in [0.717, 1.165) is 31.2 Å². The van der Waals surface area contributed by atoms with Gasteiger partial charge in [0.2, 0.25) is 0 Å². The first-order chi connectivity index (χ1) is 9.06. The van der Waals surface area contributed by atoms with Crippen molar-refractivity contribution in [2.75, 3.05) is 6.54 Å². The van der Waals surface area contributed by atoms with E-state index in [2.05, 4.69) is 5.32 Å². The lowest BCUT2D eigenvalue weighted by molar-refractivity contribution is 0.0939. The molecule has 2 atom stereocenters. The van der Waals surface area contributed by atoms with Gasteiger partial charge >= 0.3 is 0 Å². The van der Waals surface area contributed by atoms with Crippen LogP contribution in [0.1, 0.15) is 41.6 Å². The van der Waals surface area contributed by atoms with Gasteiger partial charge in [-0.1, -0.05) is 18.1 Å². The summed E-state index contributed by atoms with van der Waals surface area (Å²) in [5, 5.41) is 12.6. The summed E-state index contributed by atoms with van der Waals surface area (Å²) >= 11 is 0. The first kappa shape index (κ1) is 13.9. The minimum Gasteiger partial charge on any atom is -0.507 e. The first-order valence-corrected chi connectivity index (χ1v) is 6.89. The number of rotatable bonds is 3. The molecule has 1 fully saturated rings. The molecular weight excluding hydrogens is 240 g/mol. The van der Waals surface area contributed by atoms with E-state index in [1.54, 1.807) is 18.2 Å². The van der Waals surface area contributed by atoms with Crippen molar-refractivity contribution in [2.24, 2.45) is 11.7 Å². The summed E-state index contributed by atoms with van der Waals surface area (Å²) in [6, 6.07) is 5.31. The maximum Gasteiger partial charge on any atom is 0.255 e. The van der Waals surface area contributed by atoms with Crippen molar-refractivity contribution >= 4 is 5.91 Å². The van der Waals surface area contributed by atoms with Crippen molar-refractivity contribution in [2.45, 2.75) is 38.6 Å². The fraction of sp³-hybridized carbons (Fsp3) is 0.533. The number of aromatic hydroxyl groups is 1. The fourth-order valence-corrected chi connectivity index (χ4v) is 2.68. The summed E-state index contributed by atoms with van der Waals surface area (Å²) in [5.41, 5.74) is 7.24. The van der Waals surface area contributed by atoms with Gasteiger partial charge in [-0.05, 0) is 44.2 Å². The Labute approximate surface area is 114 Å². The van der Waals surface area contributed by atoms with Gasteiger partial charge in [0.1, 0.15) is 5.75 Å². The number of aryl methyl sites for hydroxylation is 1. The molecule has 1 aliphatic carbocycles. The Morgan fingerprint density at radius 1 is 1.47 bits per heavy atom. The molecule has 0 spiro atoms. The largest absolute Gasteiger partial charge is 0.507 e. The third-order valence-corrected chi connectivity index (χ3v) is 3.77. The summed E-state index contributed by atoms with van der Waals surface area (Å²) < 4.78 is 0. The van der Waals surface area contributed by atoms with Crippen LogP contribution in [0, 0.1) is 12.8 Å². The van der Waals surface area contributed by atoms with E-state index in [1.165, 1.54) is 0 Å². The molecule has 0 aromatic heterocycles. The van der Waals surface area contributed by atoms with Crippen molar-refractivity contribution in [1.82, 2.24) is 5.32 Å². The predicted molar refractivity (Wildman–Crippen MR) is 75.1 cm³/mol. The van der Waals surface area contributed by atoms with Gasteiger partial charge in [-0.25, -0.2) is 0 Å². The van der Waals surface area contributed by atoms with E-state index < -0.39 is 0 Å². The smallest absolute Gasteiger partial charge is 0.255 e. The van der Waals surface area contributed by atoms with E-state index in [1.807, 2.05) is 6.92 Å². The number of phenolic OH excluding ortho intramolecular Hbond substituents is 1. The molecule has 4 nitrogen and oxygen atoms in total. The molecule has 2 unspecified atom stereocenters. The molecule has 0 heterocycles.